The largest absolute Gasteiger partial charge is 0.324 e. The average Bonchev–Trinajstić information content (AvgIpc) is 3.15. The standard InChI is InChI=1S/C51H106N.B/c1-5-9-13-17-21-24-27-30-33-37-41-45-49-52(48-44-40-36-20-16-12-8-4,50-46-42-38-34-31-28-25-22-18-14-10-6-2)51-47-43-39-35-32-29-26-23-19-15-11-7-3;/h5-51H2,1-4H3;/q+1;. The van der Waals surface area contributed by atoms with Gasteiger partial charge in [-0.3, -0.25) is 0 Å². The monoisotopic (exact) mass is 744 g/mol. The third-order valence-corrected chi connectivity index (χ3v) is 12.7. The molecule has 0 rings (SSSR count). The highest BCUT2D eigenvalue weighted by Crippen LogP contribution is 2.22. The first-order chi connectivity index (χ1) is 25.7. The molecule has 53 heavy (non-hydrogen) atoms. The Kier molecular flexibility index (Phi) is 50.1. The molecule has 0 heterocycles. The van der Waals surface area contributed by atoms with Crippen molar-refractivity contribution < 1.29 is 4.48 Å². The van der Waals surface area contributed by atoms with Crippen molar-refractivity contribution in [3.8, 4) is 0 Å². The molecule has 0 unspecified atom stereocenters. The van der Waals surface area contributed by atoms with Crippen molar-refractivity contribution in [3.05, 3.63) is 0 Å². The van der Waals surface area contributed by atoms with Crippen LogP contribution in [0.4, 0.5) is 0 Å². The summed E-state index contributed by atoms with van der Waals surface area (Å²) in [5, 5.41) is 0. The van der Waals surface area contributed by atoms with Crippen LogP contribution in [0.2, 0.25) is 0 Å². The fraction of sp³-hybridized carbons (Fsp3) is 1.00. The molecule has 1 nitrogen and oxygen atoms in total. The van der Waals surface area contributed by atoms with Gasteiger partial charge in [-0.2, -0.15) is 0 Å². The van der Waals surface area contributed by atoms with Gasteiger partial charge >= 0.3 is 0 Å². The number of rotatable bonds is 47. The van der Waals surface area contributed by atoms with Crippen LogP contribution in [0.15, 0.2) is 0 Å². The van der Waals surface area contributed by atoms with Crippen LogP contribution in [0.5, 0.6) is 0 Å². The third-order valence-electron chi connectivity index (χ3n) is 12.7. The first-order valence-electron chi connectivity index (χ1n) is 25.6. The van der Waals surface area contributed by atoms with Crippen LogP contribution in [-0.4, -0.2) is 39.1 Å². The van der Waals surface area contributed by atoms with Gasteiger partial charge in [-0.25, -0.2) is 0 Å². The van der Waals surface area contributed by atoms with Crippen LogP contribution in [0.3, 0.4) is 0 Å². The highest BCUT2D eigenvalue weighted by Gasteiger charge is 2.25. The summed E-state index contributed by atoms with van der Waals surface area (Å²) in [4.78, 5) is 0. The lowest BCUT2D eigenvalue weighted by molar-refractivity contribution is -0.929. The third kappa shape index (κ3) is 43.0. The van der Waals surface area contributed by atoms with Crippen molar-refractivity contribution in [2.75, 3.05) is 26.2 Å². The number of hydrogen-bond donors (Lipinski definition) is 0. The molecule has 0 aliphatic carbocycles. The first-order valence-corrected chi connectivity index (χ1v) is 25.6. The molecule has 0 aromatic carbocycles. The molecule has 3 radical (unpaired) electrons. The molecule has 317 valence electrons. The number of unbranched alkanes of at least 4 members (excludes halogenated alkanes) is 39. The van der Waals surface area contributed by atoms with Crippen molar-refractivity contribution >= 4 is 8.41 Å². The second kappa shape index (κ2) is 48.2. The zero-order valence-corrected chi connectivity index (χ0v) is 38.3. The molecule has 0 saturated carbocycles. The maximum Gasteiger partial charge on any atom is 0.0786 e. The lowest BCUT2D eigenvalue weighted by atomic mass is 10.0. The van der Waals surface area contributed by atoms with Crippen LogP contribution >= 0.6 is 0 Å². The van der Waals surface area contributed by atoms with E-state index in [1.54, 1.807) is 0 Å². The van der Waals surface area contributed by atoms with Gasteiger partial charge in [0.05, 0.1) is 26.2 Å². The molecule has 0 aliphatic heterocycles. The Hall–Kier alpha value is 0.0249. The molecule has 0 fully saturated rings. The van der Waals surface area contributed by atoms with E-state index in [-0.39, 0.29) is 8.41 Å². The Morgan fingerprint density at radius 2 is 0.283 bits per heavy atom. The Morgan fingerprint density at radius 1 is 0.170 bits per heavy atom. The molecule has 0 amide bonds. The van der Waals surface area contributed by atoms with E-state index >= 15 is 0 Å². The number of hydrogen-bond acceptors (Lipinski definition) is 0. The van der Waals surface area contributed by atoms with E-state index < -0.39 is 0 Å². The van der Waals surface area contributed by atoms with Crippen LogP contribution in [0, 0.1) is 0 Å². The van der Waals surface area contributed by atoms with E-state index in [2.05, 4.69) is 27.7 Å². The molecular weight excluding hydrogens is 637 g/mol. The molecule has 0 aromatic heterocycles. The van der Waals surface area contributed by atoms with Gasteiger partial charge in [0.25, 0.3) is 0 Å². The molecular formula is C51H106BN+. The van der Waals surface area contributed by atoms with E-state index in [4.69, 9.17) is 0 Å². The summed E-state index contributed by atoms with van der Waals surface area (Å²) in [6.45, 7) is 15.3. The second-order valence-electron chi connectivity index (χ2n) is 18.0. The predicted molar refractivity (Wildman–Crippen MR) is 247 cm³/mol. The zero-order chi connectivity index (χ0) is 37.7. The summed E-state index contributed by atoms with van der Waals surface area (Å²) in [6.07, 6.45) is 63.2. The molecule has 0 aromatic rings. The summed E-state index contributed by atoms with van der Waals surface area (Å²) in [5.41, 5.74) is 0. The maximum atomic E-state index is 2.35. The van der Waals surface area contributed by atoms with Crippen molar-refractivity contribution in [3.63, 3.8) is 0 Å². The number of quaternary nitrogens is 1. The van der Waals surface area contributed by atoms with Gasteiger partial charge in [0, 0.05) is 8.41 Å². The van der Waals surface area contributed by atoms with Crippen LogP contribution in [-0.2, 0) is 0 Å². The van der Waals surface area contributed by atoms with Crippen LogP contribution in [0.1, 0.15) is 304 Å². The minimum absolute atomic E-state index is 0. The van der Waals surface area contributed by atoms with Gasteiger partial charge in [-0.05, 0) is 51.4 Å². The fourth-order valence-corrected chi connectivity index (χ4v) is 8.94. The Balaban J connectivity index is 0. The van der Waals surface area contributed by atoms with Gasteiger partial charge in [0.15, 0.2) is 0 Å². The smallest absolute Gasteiger partial charge is 0.0786 e. The average molecular weight is 744 g/mol. The first kappa shape index (κ1) is 55.1. The lowest BCUT2D eigenvalue weighted by Crippen LogP contribution is -2.50. The van der Waals surface area contributed by atoms with Crippen molar-refractivity contribution in [1.29, 1.82) is 0 Å². The van der Waals surface area contributed by atoms with E-state index in [1.165, 1.54) is 307 Å². The van der Waals surface area contributed by atoms with E-state index in [0.29, 0.717) is 0 Å². The maximum absolute atomic E-state index is 2.35. The normalized spacial score (nSPS) is 11.8. The van der Waals surface area contributed by atoms with Crippen molar-refractivity contribution in [2.45, 2.75) is 304 Å². The molecule has 0 bridgehead atoms. The topological polar surface area (TPSA) is 0 Å². The minimum atomic E-state index is 0. The van der Waals surface area contributed by atoms with Crippen LogP contribution < -0.4 is 0 Å². The molecule has 0 N–H and O–H groups in total. The van der Waals surface area contributed by atoms with Crippen molar-refractivity contribution in [2.24, 2.45) is 0 Å². The van der Waals surface area contributed by atoms with E-state index in [1.807, 2.05) is 0 Å². The number of nitrogens with zero attached hydrogens (tertiary/aromatic N) is 1. The zero-order valence-electron chi connectivity index (χ0n) is 38.3. The van der Waals surface area contributed by atoms with Gasteiger partial charge < -0.3 is 4.48 Å². The molecule has 0 spiro atoms. The van der Waals surface area contributed by atoms with E-state index in [9.17, 15) is 0 Å². The molecule has 0 aliphatic rings. The Labute approximate surface area is 341 Å². The van der Waals surface area contributed by atoms with Gasteiger partial charge in [0.2, 0.25) is 0 Å². The lowest BCUT2D eigenvalue weighted by Gasteiger charge is -2.40. The quantitative estimate of drug-likeness (QED) is 0.0331. The SMILES string of the molecule is CCCCCCCCCCCCCC[N+](CCCCCCCCC)(CCCCCCCCCCCCCC)CCCCCCCCCCCCCC.[B]. The molecule has 2 heteroatoms. The highest BCUT2D eigenvalue weighted by atomic mass is 15.3. The summed E-state index contributed by atoms with van der Waals surface area (Å²) >= 11 is 0. The summed E-state index contributed by atoms with van der Waals surface area (Å²) in [5.74, 6) is 0. The summed E-state index contributed by atoms with van der Waals surface area (Å²) in [7, 11) is 0. The van der Waals surface area contributed by atoms with Gasteiger partial charge in [0.1, 0.15) is 0 Å². The van der Waals surface area contributed by atoms with E-state index in [0.717, 1.165) is 0 Å². The second-order valence-corrected chi connectivity index (χ2v) is 18.0. The Bertz CT molecular complexity index is 550. The fourth-order valence-electron chi connectivity index (χ4n) is 8.94. The molecule has 0 atom stereocenters. The Morgan fingerprint density at radius 3 is 0.415 bits per heavy atom. The minimum Gasteiger partial charge on any atom is -0.324 e. The summed E-state index contributed by atoms with van der Waals surface area (Å²) in [6, 6.07) is 0. The highest BCUT2D eigenvalue weighted by molar-refractivity contribution is 5.75. The van der Waals surface area contributed by atoms with Gasteiger partial charge in [-0.1, -0.05) is 252 Å². The van der Waals surface area contributed by atoms with Crippen molar-refractivity contribution in [1.82, 2.24) is 0 Å². The molecule has 0 saturated heterocycles. The van der Waals surface area contributed by atoms with Crippen LogP contribution in [0.25, 0.3) is 0 Å². The summed E-state index contributed by atoms with van der Waals surface area (Å²) < 4.78 is 1.49. The van der Waals surface area contributed by atoms with Gasteiger partial charge in [-0.15, -0.1) is 0 Å². The predicted octanol–water partition coefficient (Wildman–Crippen LogP) is 18.3.